The second-order valence-corrected chi connectivity index (χ2v) is 6.70. The van der Waals surface area contributed by atoms with Crippen LogP contribution in [0.25, 0.3) is 10.9 Å². The van der Waals surface area contributed by atoms with Crippen LogP contribution in [0.2, 0.25) is 5.02 Å². The van der Waals surface area contributed by atoms with Gasteiger partial charge in [-0.1, -0.05) is 16.8 Å². The summed E-state index contributed by atoms with van der Waals surface area (Å²) < 4.78 is 5.31. The lowest BCUT2D eigenvalue weighted by Crippen LogP contribution is -2.22. The van der Waals surface area contributed by atoms with E-state index in [1.165, 1.54) is 0 Å². The zero-order valence-electron chi connectivity index (χ0n) is 14.9. The first-order valence-corrected chi connectivity index (χ1v) is 8.93. The van der Waals surface area contributed by atoms with Crippen molar-refractivity contribution >= 4 is 46.0 Å². The molecule has 0 bridgehead atoms. The van der Waals surface area contributed by atoms with Crippen LogP contribution in [-0.4, -0.2) is 27.5 Å². The topological polar surface area (TPSA) is 96.2 Å². The van der Waals surface area contributed by atoms with E-state index in [9.17, 15) is 4.79 Å². The number of nitrogens with one attached hydrogen (secondary N) is 2. The number of aryl methyl sites for hydroxylation is 1. The van der Waals surface area contributed by atoms with Gasteiger partial charge in [-0.15, -0.1) is 0 Å². The lowest BCUT2D eigenvalue weighted by molar-refractivity contribution is -0.116. The molecule has 1 atom stereocenters. The molecule has 2 aromatic heterocycles. The van der Waals surface area contributed by atoms with Gasteiger partial charge in [0.05, 0.1) is 23.1 Å². The van der Waals surface area contributed by atoms with Crippen LogP contribution in [-0.2, 0) is 4.79 Å². The summed E-state index contributed by atoms with van der Waals surface area (Å²) in [4.78, 5) is 17.3. The van der Waals surface area contributed by atoms with Gasteiger partial charge in [0.1, 0.15) is 5.92 Å². The highest BCUT2D eigenvalue weighted by Gasteiger charge is 2.23. The molecule has 28 heavy (non-hydrogen) atoms. The third-order valence-corrected chi connectivity index (χ3v) is 4.40. The third kappa shape index (κ3) is 3.94. The van der Waals surface area contributed by atoms with Gasteiger partial charge in [0.2, 0.25) is 5.91 Å². The van der Waals surface area contributed by atoms with E-state index >= 15 is 0 Å². The Morgan fingerprint density at radius 1 is 1.25 bits per heavy atom. The van der Waals surface area contributed by atoms with Crippen molar-refractivity contribution < 1.29 is 9.32 Å². The maximum absolute atomic E-state index is 12.9. The lowest BCUT2D eigenvalue weighted by atomic mass is 10.1. The zero-order chi connectivity index (χ0) is 19.5. The first-order chi connectivity index (χ1) is 13.6. The second kappa shape index (κ2) is 7.66. The number of carbonyl (C=O) groups is 1. The average molecular weight is 394 g/mol. The van der Waals surface area contributed by atoms with Gasteiger partial charge in [0, 0.05) is 28.4 Å². The van der Waals surface area contributed by atoms with Gasteiger partial charge in [0.25, 0.3) is 0 Å². The van der Waals surface area contributed by atoms with Crippen molar-refractivity contribution in [2.75, 3.05) is 5.32 Å². The summed E-state index contributed by atoms with van der Waals surface area (Å²) in [7, 11) is 0. The third-order valence-electron chi connectivity index (χ3n) is 4.15. The Labute approximate surface area is 165 Å². The lowest BCUT2D eigenvalue weighted by Gasteiger charge is -2.10. The number of anilines is 1. The molecule has 0 radical (unpaired) electrons. The summed E-state index contributed by atoms with van der Waals surface area (Å²) in [6.07, 6.45) is 3.28. The van der Waals surface area contributed by atoms with Crippen molar-refractivity contribution in [2.45, 2.75) is 12.8 Å². The molecule has 4 aromatic rings. The number of rotatable bonds is 5. The van der Waals surface area contributed by atoms with Gasteiger partial charge < -0.3 is 9.84 Å². The summed E-state index contributed by atoms with van der Waals surface area (Å²) >= 11 is 5.90. The smallest absolute Gasteiger partial charge is 0.240 e. The summed E-state index contributed by atoms with van der Waals surface area (Å²) in [5, 5.41) is 15.2. The van der Waals surface area contributed by atoms with Gasteiger partial charge in [0.15, 0.2) is 5.76 Å². The molecular weight excluding hydrogens is 378 g/mol. The minimum Gasteiger partial charge on any atom is -0.360 e. The van der Waals surface area contributed by atoms with Crippen LogP contribution in [0.1, 0.15) is 17.4 Å². The molecule has 140 valence electrons. The highest BCUT2D eigenvalue weighted by molar-refractivity contribution is 6.30. The molecule has 2 N–H and O–H groups in total. The normalized spacial score (nSPS) is 12.5. The summed E-state index contributed by atoms with van der Waals surface area (Å²) in [5.41, 5.74) is 2.87. The van der Waals surface area contributed by atoms with Crippen molar-refractivity contribution in [1.29, 1.82) is 0 Å². The molecule has 0 spiro atoms. The number of fused-ring (bicyclic) bond motifs is 1. The number of halogens is 1. The fraction of sp³-hybridized carbons (Fsp3) is 0.100. The molecule has 0 aliphatic heterocycles. The number of carbonyl (C=O) groups excluding carboxylic acids is 1. The summed E-state index contributed by atoms with van der Waals surface area (Å²) in [5.74, 6) is -0.616. The number of hydrogen-bond donors (Lipinski definition) is 2. The average Bonchev–Trinajstić information content (AvgIpc) is 3.32. The number of H-pyrrole nitrogens is 1. The Balaban J connectivity index is 1.61. The molecule has 8 heteroatoms. The van der Waals surface area contributed by atoms with E-state index in [2.05, 4.69) is 25.7 Å². The quantitative estimate of drug-likeness (QED) is 0.483. The van der Waals surface area contributed by atoms with Gasteiger partial charge in [-0.2, -0.15) is 5.10 Å². The predicted molar refractivity (Wildman–Crippen MR) is 108 cm³/mol. The largest absolute Gasteiger partial charge is 0.360 e. The molecule has 4 rings (SSSR count). The number of amides is 1. The number of hydrogen-bond acceptors (Lipinski definition) is 5. The fourth-order valence-electron chi connectivity index (χ4n) is 2.72. The molecule has 0 fully saturated rings. The van der Waals surface area contributed by atoms with E-state index in [4.69, 9.17) is 16.1 Å². The van der Waals surface area contributed by atoms with Crippen molar-refractivity contribution in [1.82, 2.24) is 15.4 Å². The molecule has 0 aliphatic carbocycles. The minimum absolute atomic E-state index is 0.287. The van der Waals surface area contributed by atoms with E-state index in [1.54, 1.807) is 49.7 Å². The molecule has 7 nitrogen and oxygen atoms in total. The second-order valence-electron chi connectivity index (χ2n) is 6.26. The molecule has 2 aromatic carbocycles. The maximum Gasteiger partial charge on any atom is 0.240 e. The number of nitrogens with zero attached hydrogens (tertiary/aromatic N) is 3. The van der Waals surface area contributed by atoms with Gasteiger partial charge in [-0.05, 0) is 49.4 Å². The van der Waals surface area contributed by atoms with Crippen LogP contribution in [0.15, 0.2) is 64.2 Å². The number of aliphatic imine (C=N–C) groups is 1. The van der Waals surface area contributed by atoms with Crippen LogP contribution in [0.3, 0.4) is 0 Å². The standard InChI is InChI=1S/C20H16ClN5O2/c1-12-8-19(28-26-12)17(20(27)24-15-6-3-14(21)4-7-15)11-22-16-5-2-13-10-23-25-18(13)9-16/h2-11,17H,1H3,(H,23,25)(H,24,27). The Morgan fingerprint density at radius 3 is 2.82 bits per heavy atom. The number of aromatic amines is 1. The Morgan fingerprint density at radius 2 is 2.07 bits per heavy atom. The van der Waals surface area contributed by atoms with Gasteiger partial charge >= 0.3 is 0 Å². The monoisotopic (exact) mass is 393 g/mol. The van der Waals surface area contributed by atoms with Crippen LogP contribution >= 0.6 is 11.6 Å². The van der Waals surface area contributed by atoms with Gasteiger partial charge in [-0.3, -0.25) is 14.9 Å². The highest BCUT2D eigenvalue weighted by atomic mass is 35.5. The summed E-state index contributed by atoms with van der Waals surface area (Å²) in [6.45, 7) is 1.80. The molecule has 1 unspecified atom stereocenters. The van der Waals surface area contributed by atoms with E-state index < -0.39 is 5.92 Å². The Bertz CT molecular complexity index is 1150. The number of aromatic nitrogens is 3. The molecule has 2 heterocycles. The van der Waals surface area contributed by atoms with Crippen LogP contribution < -0.4 is 5.32 Å². The van der Waals surface area contributed by atoms with E-state index in [1.807, 2.05) is 18.2 Å². The van der Waals surface area contributed by atoms with Crippen molar-refractivity contribution in [2.24, 2.45) is 4.99 Å². The first-order valence-electron chi connectivity index (χ1n) is 8.55. The molecule has 0 saturated heterocycles. The van der Waals surface area contributed by atoms with E-state index in [-0.39, 0.29) is 5.91 Å². The SMILES string of the molecule is Cc1cc(C(C=Nc2ccc3cn[nH]c3c2)C(=O)Nc2ccc(Cl)cc2)on1. The summed E-state index contributed by atoms with van der Waals surface area (Å²) in [6, 6.07) is 14.2. The number of benzene rings is 2. The van der Waals surface area contributed by atoms with Crippen LogP contribution in [0.4, 0.5) is 11.4 Å². The fourth-order valence-corrected chi connectivity index (χ4v) is 2.85. The minimum atomic E-state index is -0.741. The molecule has 0 aliphatic rings. The van der Waals surface area contributed by atoms with Crippen molar-refractivity contribution in [3.63, 3.8) is 0 Å². The molecular formula is C20H16ClN5O2. The van der Waals surface area contributed by atoms with Gasteiger partial charge in [-0.25, -0.2) is 0 Å². The van der Waals surface area contributed by atoms with Crippen molar-refractivity contribution in [3.8, 4) is 0 Å². The van der Waals surface area contributed by atoms with Crippen molar-refractivity contribution in [3.05, 3.63) is 71.2 Å². The maximum atomic E-state index is 12.9. The first kappa shape index (κ1) is 17.9. The van der Waals surface area contributed by atoms with Crippen LogP contribution in [0, 0.1) is 6.92 Å². The van der Waals surface area contributed by atoms with E-state index in [0.717, 1.165) is 10.9 Å². The van der Waals surface area contributed by atoms with E-state index in [0.29, 0.717) is 27.9 Å². The Kier molecular flexibility index (Phi) is 4.90. The predicted octanol–water partition coefficient (Wildman–Crippen LogP) is 4.64. The molecule has 1 amide bonds. The van der Waals surface area contributed by atoms with Crippen LogP contribution in [0.5, 0.6) is 0 Å². The Hall–Kier alpha value is -3.45. The highest BCUT2D eigenvalue weighted by Crippen LogP contribution is 2.23. The zero-order valence-corrected chi connectivity index (χ0v) is 15.6. The molecule has 0 saturated carbocycles.